The molecule has 3 amide bonds. The molecule has 0 unspecified atom stereocenters. The molecule has 9 heteroatoms. The van der Waals surface area contributed by atoms with Gasteiger partial charge in [0.2, 0.25) is 11.8 Å². The van der Waals surface area contributed by atoms with Crippen LogP contribution in [0, 0.1) is 11.3 Å². The first-order valence-corrected chi connectivity index (χ1v) is 11.6. The van der Waals surface area contributed by atoms with Crippen molar-refractivity contribution in [3.63, 3.8) is 0 Å². The molecule has 0 radical (unpaired) electrons. The first-order chi connectivity index (χ1) is 16.2. The zero-order valence-corrected chi connectivity index (χ0v) is 22.2. The molecule has 1 aromatic heterocycles. The van der Waals surface area contributed by atoms with E-state index in [-0.39, 0.29) is 24.1 Å². The van der Waals surface area contributed by atoms with Crippen LogP contribution in [-0.2, 0) is 23.9 Å². The van der Waals surface area contributed by atoms with Gasteiger partial charge in [0.15, 0.2) is 0 Å². The number of likely N-dealkylation sites (N-methyl/N-ethyl adjacent to an activating group) is 1. The van der Waals surface area contributed by atoms with Gasteiger partial charge in [-0.05, 0) is 37.3 Å². The summed E-state index contributed by atoms with van der Waals surface area (Å²) in [6.45, 7) is 14.3. The van der Waals surface area contributed by atoms with Gasteiger partial charge in [0.1, 0.15) is 11.7 Å². The lowest BCUT2D eigenvalue weighted by Crippen LogP contribution is -2.57. The first-order valence-electron chi connectivity index (χ1n) is 11.6. The summed E-state index contributed by atoms with van der Waals surface area (Å²) in [7, 11) is 1.64. The predicted octanol–water partition coefficient (Wildman–Crippen LogP) is 3.28. The summed E-state index contributed by atoms with van der Waals surface area (Å²) in [5.41, 5.74) is 0.318. The van der Waals surface area contributed by atoms with E-state index in [1.54, 1.807) is 33.0 Å². The summed E-state index contributed by atoms with van der Waals surface area (Å²) >= 11 is 0. The minimum Gasteiger partial charge on any atom is -0.472 e. The normalized spacial score (nSPS) is 14.2. The smallest absolute Gasteiger partial charge is 0.333 e. The summed E-state index contributed by atoms with van der Waals surface area (Å²) in [5.74, 6) is -1.82. The molecule has 0 aliphatic heterocycles. The number of hydrogen-bond donors (Lipinski definition) is 2. The van der Waals surface area contributed by atoms with Crippen molar-refractivity contribution in [2.75, 3.05) is 13.7 Å². The van der Waals surface area contributed by atoms with Crippen LogP contribution in [0.1, 0.15) is 61.0 Å². The van der Waals surface area contributed by atoms with Crippen molar-refractivity contribution in [1.82, 2.24) is 15.5 Å². The van der Waals surface area contributed by atoms with E-state index in [4.69, 9.17) is 9.15 Å². The molecule has 9 nitrogen and oxygen atoms in total. The molecule has 0 spiro atoms. The Morgan fingerprint density at radius 1 is 1.17 bits per heavy atom. The number of hydrogen-bond acceptors (Lipinski definition) is 6. The molecule has 0 aliphatic rings. The molecule has 0 saturated heterocycles. The molecule has 2 atom stereocenters. The molecule has 0 aliphatic carbocycles. The van der Waals surface area contributed by atoms with Crippen LogP contribution in [0.15, 0.2) is 40.4 Å². The fraction of sp³-hybridized carbons (Fsp3) is 0.538. The number of rotatable bonds is 10. The lowest BCUT2D eigenvalue weighted by molar-refractivity contribution is -0.140. The number of carbonyl (C=O) groups is 4. The van der Waals surface area contributed by atoms with Gasteiger partial charge in [0.05, 0.1) is 25.2 Å². The summed E-state index contributed by atoms with van der Waals surface area (Å²) in [6, 6.07) is 0.310. The fourth-order valence-corrected chi connectivity index (χ4v) is 3.40. The molecule has 0 saturated carbocycles. The van der Waals surface area contributed by atoms with Crippen LogP contribution in [0.3, 0.4) is 0 Å². The number of carbonyl (C=O) groups excluding carboxylic acids is 4. The Morgan fingerprint density at radius 2 is 1.80 bits per heavy atom. The summed E-state index contributed by atoms with van der Waals surface area (Å²) < 4.78 is 10.1. The zero-order chi connectivity index (χ0) is 26.9. The largest absolute Gasteiger partial charge is 0.472 e. The second-order valence-corrected chi connectivity index (χ2v) is 9.82. The predicted molar refractivity (Wildman–Crippen MR) is 134 cm³/mol. The molecule has 194 valence electrons. The van der Waals surface area contributed by atoms with Crippen molar-refractivity contribution < 1.29 is 28.3 Å². The van der Waals surface area contributed by atoms with Gasteiger partial charge >= 0.3 is 5.97 Å². The summed E-state index contributed by atoms with van der Waals surface area (Å²) in [6.07, 6.45) is 6.06. The van der Waals surface area contributed by atoms with E-state index in [0.717, 1.165) is 0 Å². The molecule has 1 heterocycles. The maximum Gasteiger partial charge on any atom is 0.333 e. The standard InChI is InChI=1S/C26H39N3O6/c1-10-35-25(33)17(4)13-21(16(2)3)29(9)24(32)22(26(6,7)8)28-23(31)20(27-18(5)30)14-19-11-12-34-15-19/h11-16,21-22H,10H2,1-9H3,(H,27,30)(H,28,31)/b17-13+,20-14-/t21-,22-/m1/s1. The van der Waals surface area contributed by atoms with E-state index in [9.17, 15) is 19.2 Å². The fourth-order valence-electron chi connectivity index (χ4n) is 3.40. The van der Waals surface area contributed by atoms with E-state index < -0.39 is 35.3 Å². The SMILES string of the molecule is CCOC(=O)/C(C)=C/[C@H](C(C)C)N(C)C(=O)[C@@H](NC(=O)/C(=C/c1ccoc1)NC(C)=O)C(C)(C)C. The van der Waals surface area contributed by atoms with E-state index in [1.807, 2.05) is 34.6 Å². The van der Waals surface area contributed by atoms with Gasteiger partial charge in [0, 0.05) is 25.1 Å². The molecule has 0 aromatic carbocycles. The Labute approximate surface area is 207 Å². The monoisotopic (exact) mass is 489 g/mol. The lowest BCUT2D eigenvalue weighted by atomic mass is 9.85. The molecular formula is C26H39N3O6. The van der Waals surface area contributed by atoms with E-state index in [2.05, 4.69) is 10.6 Å². The quantitative estimate of drug-likeness (QED) is 0.385. The van der Waals surface area contributed by atoms with Crippen molar-refractivity contribution in [3.05, 3.63) is 41.5 Å². The molecule has 0 fully saturated rings. The highest BCUT2D eigenvalue weighted by Crippen LogP contribution is 2.24. The number of esters is 1. The third-order valence-corrected chi connectivity index (χ3v) is 5.29. The molecule has 2 N–H and O–H groups in total. The van der Waals surface area contributed by atoms with Gasteiger partial charge in [-0.25, -0.2) is 4.79 Å². The Morgan fingerprint density at radius 3 is 2.26 bits per heavy atom. The second-order valence-electron chi connectivity index (χ2n) is 9.82. The number of amides is 3. The maximum atomic E-state index is 13.7. The average molecular weight is 490 g/mol. The van der Waals surface area contributed by atoms with Crippen molar-refractivity contribution >= 4 is 29.8 Å². The Hall–Kier alpha value is -3.36. The van der Waals surface area contributed by atoms with Crippen LogP contribution in [0.25, 0.3) is 6.08 Å². The average Bonchev–Trinajstić information content (AvgIpc) is 3.26. The van der Waals surface area contributed by atoms with Gasteiger partial charge in [-0.2, -0.15) is 0 Å². The van der Waals surface area contributed by atoms with Crippen LogP contribution in [0.2, 0.25) is 0 Å². The second kappa shape index (κ2) is 12.9. The summed E-state index contributed by atoms with van der Waals surface area (Å²) in [4.78, 5) is 52.2. The van der Waals surface area contributed by atoms with Gasteiger partial charge < -0.3 is 24.7 Å². The van der Waals surface area contributed by atoms with E-state index in [0.29, 0.717) is 11.1 Å². The van der Waals surface area contributed by atoms with Crippen molar-refractivity contribution in [2.24, 2.45) is 11.3 Å². The third kappa shape index (κ3) is 9.07. The topological polar surface area (TPSA) is 118 Å². The zero-order valence-electron chi connectivity index (χ0n) is 22.2. The highest BCUT2D eigenvalue weighted by atomic mass is 16.5. The molecule has 35 heavy (non-hydrogen) atoms. The lowest BCUT2D eigenvalue weighted by Gasteiger charge is -2.37. The molecule has 1 rings (SSSR count). The summed E-state index contributed by atoms with van der Waals surface area (Å²) in [5, 5.41) is 5.31. The van der Waals surface area contributed by atoms with Gasteiger partial charge in [-0.3, -0.25) is 14.4 Å². The Balaban J connectivity index is 3.28. The van der Waals surface area contributed by atoms with Crippen LogP contribution < -0.4 is 10.6 Å². The van der Waals surface area contributed by atoms with Gasteiger partial charge in [0.25, 0.3) is 5.91 Å². The Bertz CT molecular complexity index is 954. The van der Waals surface area contributed by atoms with Crippen LogP contribution in [-0.4, -0.2) is 54.3 Å². The van der Waals surface area contributed by atoms with Gasteiger partial charge in [-0.1, -0.05) is 40.7 Å². The minimum absolute atomic E-state index is 0.0120. The number of ether oxygens (including phenoxy) is 1. The van der Waals surface area contributed by atoms with E-state index >= 15 is 0 Å². The van der Waals surface area contributed by atoms with Crippen LogP contribution in [0.4, 0.5) is 0 Å². The maximum absolute atomic E-state index is 13.7. The number of furan rings is 1. The first kappa shape index (κ1) is 29.7. The van der Waals surface area contributed by atoms with E-state index in [1.165, 1.54) is 30.4 Å². The van der Waals surface area contributed by atoms with Crippen LogP contribution in [0.5, 0.6) is 0 Å². The number of nitrogens with zero attached hydrogens (tertiary/aromatic N) is 1. The molecular weight excluding hydrogens is 450 g/mol. The number of nitrogens with one attached hydrogen (secondary N) is 2. The van der Waals surface area contributed by atoms with Crippen molar-refractivity contribution in [1.29, 1.82) is 0 Å². The molecule has 1 aromatic rings. The minimum atomic E-state index is -0.918. The highest BCUT2D eigenvalue weighted by molar-refractivity contribution is 6.03. The van der Waals surface area contributed by atoms with Crippen LogP contribution >= 0.6 is 0 Å². The van der Waals surface area contributed by atoms with Crippen molar-refractivity contribution in [3.8, 4) is 0 Å². The molecule has 0 bridgehead atoms. The van der Waals surface area contributed by atoms with Gasteiger partial charge in [-0.15, -0.1) is 0 Å². The Kier molecular flexibility index (Phi) is 11.0. The van der Waals surface area contributed by atoms with Crippen molar-refractivity contribution in [2.45, 2.75) is 67.5 Å². The third-order valence-electron chi connectivity index (χ3n) is 5.29. The highest BCUT2D eigenvalue weighted by Gasteiger charge is 2.37.